The fourth-order valence-corrected chi connectivity index (χ4v) is 4.02. The van der Waals surface area contributed by atoms with Crippen LogP contribution in [0.1, 0.15) is 37.8 Å². The van der Waals surface area contributed by atoms with Crippen LogP contribution in [-0.2, 0) is 10.0 Å². The summed E-state index contributed by atoms with van der Waals surface area (Å²) in [6.07, 6.45) is 2.28. The molecular weight excluding hydrogens is 340 g/mol. The van der Waals surface area contributed by atoms with Crippen molar-refractivity contribution in [2.75, 3.05) is 13.1 Å². The molecule has 2 rings (SSSR count). The number of sulfonamides is 1. The van der Waals surface area contributed by atoms with Crippen LogP contribution in [0.3, 0.4) is 0 Å². The van der Waals surface area contributed by atoms with Crippen molar-refractivity contribution in [3.05, 3.63) is 34.3 Å². The molecule has 1 heterocycles. The van der Waals surface area contributed by atoms with Gasteiger partial charge in [-0.05, 0) is 43.5 Å². The number of hydrogen-bond acceptors (Lipinski definition) is 3. The Morgan fingerprint density at radius 3 is 2.55 bits per heavy atom. The summed E-state index contributed by atoms with van der Waals surface area (Å²) in [6, 6.07) is 8.26. The third-order valence-corrected chi connectivity index (χ3v) is 5.78. The maximum absolute atomic E-state index is 11.6. The molecule has 0 aromatic heterocycles. The van der Waals surface area contributed by atoms with Crippen LogP contribution >= 0.6 is 15.9 Å². The molecule has 0 aliphatic carbocycles. The van der Waals surface area contributed by atoms with Crippen molar-refractivity contribution in [2.45, 2.75) is 37.5 Å². The second-order valence-electron chi connectivity index (χ2n) is 5.34. The van der Waals surface area contributed by atoms with Crippen LogP contribution in [-0.4, -0.2) is 31.7 Å². The van der Waals surface area contributed by atoms with Crippen molar-refractivity contribution in [1.82, 2.24) is 4.90 Å². The first-order valence-corrected chi connectivity index (χ1v) is 9.33. The van der Waals surface area contributed by atoms with E-state index in [4.69, 9.17) is 5.14 Å². The van der Waals surface area contributed by atoms with Gasteiger partial charge in [-0.2, -0.15) is 0 Å². The van der Waals surface area contributed by atoms with Gasteiger partial charge in [0.05, 0.1) is 5.25 Å². The summed E-state index contributed by atoms with van der Waals surface area (Å²) in [7, 11) is -3.45. The molecule has 2 unspecified atom stereocenters. The van der Waals surface area contributed by atoms with E-state index in [0.29, 0.717) is 12.8 Å². The van der Waals surface area contributed by atoms with Crippen molar-refractivity contribution in [3.8, 4) is 0 Å². The number of nitrogens with zero attached hydrogens (tertiary/aromatic N) is 1. The number of primary sulfonamides is 1. The molecule has 0 bridgehead atoms. The van der Waals surface area contributed by atoms with Gasteiger partial charge >= 0.3 is 0 Å². The SMILES string of the molecule is CCCN1CCC(S(N)(=O)=O)CC1c1ccc(Br)cc1. The highest BCUT2D eigenvalue weighted by Gasteiger charge is 2.34. The Kier molecular flexibility index (Phi) is 5.23. The number of rotatable bonds is 4. The van der Waals surface area contributed by atoms with Crippen molar-refractivity contribution in [2.24, 2.45) is 5.14 Å². The second kappa shape index (κ2) is 6.56. The third kappa shape index (κ3) is 3.81. The highest BCUT2D eigenvalue weighted by Crippen LogP contribution is 2.33. The van der Waals surface area contributed by atoms with Gasteiger partial charge in [-0.15, -0.1) is 0 Å². The highest BCUT2D eigenvalue weighted by atomic mass is 79.9. The number of halogens is 1. The van der Waals surface area contributed by atoms with Gasteiger partial charge in [0.25, 0.3) is 0 Å². The van der Waals surface area contributed by atoms with E-state index in [9.17, 15) is 8.42 Å². The van der Waals surface area contributed by atoms with Crippen molar-refractivity contribution < 1.29 is 8.42 Å². The van der Waals surface area contributed by atoms with E-state index in [2.05, 4.69) is 39.9 Å². The van der Waals surface area contributed by atoms with Crippen LogP contribution in [0.2, 0.25) is 0 Å². The molecule has 1 aromatic rings. The predicted octanol–water partition coefficient (Wildman–Crippen LogP) is 2.65. The minimum absolute atomic E-state index is 0.139. The van der Waals surface area contributed by atoms with Gasteiger partial charge in [0, 0.05) is 17.1 Å². The summed E-state index contributed by atoms with van der Waals surface area (Å²) in [5, 5.41) is 4.91. The molecule has 1 saturated heterocycles. The Morgan fingerprint density at radius 1 is 1.35 bits per heavy atom. The molecule has 2 N–H and O–H groups in total. The van der Waals surface area contributed by atoms with Crippen LogP contribution in [0.25, 0.3) is 0 Å². The number of piperidine rings is 1. The van der Waals surface area contributed by atoms with E-state index in [-0.39, 0.29) is 6.04 Å². The molecule has 4 nitrogen and oxygen atoms in total. The first-order valence-electron chi connectivity index (χ1n) is 6.93. The summed E-state index contributed by atoms with van der Waals surface area (Å²) in [5.41, 5.74) is 1.16. The van der Waals surface area contributed by atoms with Crippen molar-refractivity contribution in [1.29, 1.82) is 0 Å². The van der Waals surface area contributed by atoms with Crippen LogP contribution in [0, 0.1) is 0 Å². The lowest BCUT2D eigenvalue weighted by atomic mass is 9.94. The number of hydrogen-bond donors (Lipinski definition) is 1. The second-order valence-corrected chi connectivity index (χ2v) is 8.10. The zero-order chi connectivity index (χ0) is 14.8. The van der Waals surface area contributed by atoms with Crippen LogP contribution in [0.4, 0.5) is 0 Å². The van der Waals surface area contributed by atoms with E-state index in [0.717, 1.165) is 29.5 Å². The molecule has 1 aliphatic rings. The third-order valence-electron chi connectivity index (χ3n) is 3.90. The van der Waals surface area contributed by atoms with Crippen molar-refractivity contribution in [3.63, 3.8) is 0 Å². The van der Waals surface area contributed by atoms with Crippen LogP contribution in [0.5, 0.6) is 0 Å². The first-order chi connectivity index (χ1) is 9.41. The number of likely N-dealkylation sites (tertiary alicyclic amines) is 1. The Hall–Kier alpha value is -0.430. The number of benzene rings is 1. The minimum Gasteiger partial charge on any atom is -0.296 e. The average Bonchev–Trinajstić information content (AvgIpc) is 2.39. The molecular formula is C14H21BrN2O2S. The smallest absolute Gasteiger partial charge is 0.212 e. The highest BCUT2D eigenvalue weighted by molar-refractivity contribution is 9.10. The molecule has 6 heteroatoms. The maximum atomic E-state index is 11.6. The van der Waals surface area contributed by atoms with E-state index in [1.165, 1.54) is 0 Å². The van der Waals surface area contributed by atoms with Gasteiger partial charge in [0.15, 0.2) is 0 Å². The Labute approximate surface area is 129 Å². The molecule has 0 amide bonds. The summed E-state index contributed by atoms with van der Waals surface area (Å²) >= 11 is 3.43. The van der Waals surface area contributed by atoms with Gasteiger partial charge < -0.3 is 0 Å². The monoisotopic (exact) mass is 360 g/mol. The molecule has 20 heavy (non-hydrogen) atoms. The fourth-order valence-electron chi connectivity index (χ4n) is 2.87. The Bertz CT molecular complexity index is 545. The van der Waals surface area contributed by atoms with Crippen molar-refractivity contribution >= 4 is 26.0 Å². The summed E-state index contributed by atoms with van der Waals surface area (Å²) in [4.78, 5) is 2.37. The standard InChI is InChI=1S/C14H21BrN2O2S/c1-2-8-17-9-7-13(20(16,18)19)10-14(17)11-3-5-12(15)6-4-11/h3-6,13-14H,2,7-10H2,1H3,(H2,16,18,19). The molecule has 0 radical (unpaired) electrons. The molecule has 2 atom stereocenters. The summed E-state index contributed by atoms with van der Waals surface area (Å²) in [5.74, 6) is 0. The summed E-state index contributed by atoms with van der Waals surface area (Å²) < 4.78 is 24.3. The van der Waals surface area contributed by atoms with Crippen LogP contribution < -0.4 is 5.14 Å². The van der Waals surface area contributed by atoms with Gasteiger partial charge in [-0.3, -0.25) is 4.90 Å². The predicted molar refractivity (Wildman–Crippen MR) is 84.9 cm³/mol. The molecule has 1 aliphatic heterocycles. The molecule has 1 fully saturated rings. The number of nitrogens with two attached hydrogens (primary N) is 1. The van der Waals surface area contributed by atoms with E-state index < -0.39 is 15.3 Å². The zero-order valence-corrected chi connectivity index (χ0v) is 14.0. The fraction of sp³-hybridized carbons (Fsp3) is 0.571. The summed E-state index contributed by atoms with van der Waals surface area (Å²) in [6.45, 7) is 3.91. The lowest BCUT2D eigenvalue weighted by Gasteiger charge is -2.39. The van der Waals surface area contributed by atoms with Crippen LogP contribution in [0.15, 0.2) is 28.7 Å². The Balaban J connectivity index is 2.25. The molecule has 112 valence electrons. The molecule has 1 aromatic carbocycles. The van der Waals surface area contributed by atoms with E-state index in [1.807, 2.05) is 12.1 Å². The lowest BCUT2D eigenvalue weighted by Crippen LogP contribution is -2.43. The zero-order valence-electron chi connectivity index (χ0n) is 11.6. The van der Waals surface area contributed by atoms with Gasteiger partial charge in [0.1, 0.15) is 0 Å². The first kappa shape index (κ1) is 15.9. The maximum Gasteiger partial charge on any atom is 0.212 e. The molecule has 0 spiro atoms. The minimum atomic E-state index is -3.45. The van der Waals surface area contributed by atoms with Gasteiger partial charge in [-0.25, -0.2) is 13.6 Å². The average molecular weight is 361 g/mol. The van der Waals surface area contributed by atoms with E-state index in [1.54, 1.807) is 0 Å². The largest absolute Gasteiger partial charge is 0.296 e. The normalized spacial score (nSPS) is 24.8. The lowest BCUT2D eigenvalue weighted by molar-refractivity contribution is 0.150. The van der Waals surface area contributed by atoms with E-state index >= 15 is 0 Å². The van der Waals surface area contributed by atoms with Gasteiger partial charge in [-0.1, -0.05) is 35.0 Å². The quantitative estimate of drug-likeness (QED) is 0.897. The Morgan fingerprint density at radius 2 is 2.00 bits per heavy atom. The molecule has 0 saturated carbocycles. The van der Waals surface area contributed by atoms with Gasteiger partial charge in [0.2, 0.25) is 10.0 Å². The topological polar surface area (TPSA) is 63.4 Å².